The van der Waals surface area contributed by atoms with Gasteiger partial charge in [-0.1, -0.05) is 44.2 Å². The Balaban J connectivity index is 1.75. The molecule has 0 atom stereocenters. The van der Waals surface area contributed by atoms with E-state index in [0.29, 0.717) is 43.6 Å². The zero-order valence-corrected chi connectivity index (χ0v) is 22.3. The van der Waals surface area contributed by atoms with Crippen LogP contribution >= 0.6 is 0 Å². The molecule has 3 N–H and O–H groups in total. The lowest BCUT2D eigenvalue weighted by atomic mass is 10.1. The second kappa shape index (κ2) is 13.1. The maximum absolute atomic E-state index is 13.4. The highest BCUT2D eigenvalue weighted by Gasteiger charge is 2.27. The molecule has 1 heterocycles. The molecule has 0 bridgehead atoms. The first kappa shape index (κ1) is 27.9. The fraction of sp³-hybridized carbons (Fsp3) is 0.444. The summed E-state index contributed by atoms with van der Waals surface area (Å²) >= 11 is 0. The van der Waals surface area contributed by atoms with Gasteiger partial charge in [0.05, 0.1) is 20.2 Å². The van der Waals surface area contributed by atoms with Crippen molar-refractivity contribution in [2.24, 2.45) is 0 Å². The van der Waals surface area contributed by atoms with Gasteiger partial charge in [0.15, 0.2) is 0 Å². The molecule has 0 unspecified atom stereocenters. The highest BCUT2D eigenvalue weighted by molar-refractivity contribution is 5.89. The Morgan fingerprint density at radius 2 is 1.70 bits per heavy atom. The monoisotopic (exact) mass is 510 g/mol. The molecule has 10 heteroatoms. The molecular weight excluding hydrogens is 472 g/mol. The van der Waals surface area contributed by atoms with Crippen LogP contribution in [0.15, 0.2) is 42.5 Å². The van der Waals surface area contributed by atoms with E-state index < -0.39 is 6.09 Å². The van der Waals surface area contributed by atoms with Gasteiger partial charge >= 0.3 is 6.09 Å². The molecule has 3 amide bonds. The molecule has 1 aliphatic heterocycles. The van der Waals surface area contributed by atoms with Crippen LogP contribution in [0.1, 0.15) is 30.5 Å². The van der Waals surface area contributed by atoms with E-state index in [-0.39, 0.29) is 24.9 Å². The van der Waals surface area contributed by atoms with Gasteiger partial charge in [0.2, 0.25) is 5.91 Å². The summed E-state index contributed by atoms with van der Waals surface area (Å²) in [6.45, 7) is 8.41. The number of carbonyl (C=O) groups is 3. The van der Waals surface area contributed by atoms with Gasteiger partial charge in [-0.15, -0.1) is 0 Å². The number of nitrogens with one attached hydrogen (secondary N) is 3. The number of fused-ring (bicyclic) bond motifs is 1. The number of hydrazine groups is 1. The lowest BCUT2D eigenvalue weighted by Gasteiger charge is -2.32. The molecule has 0 fully saturated rings. The van der Waals surface area contributed by atoms with Gasteiger partial charge in [-0.05, 0) is 35.7 Å². The highest BCUT2D eigenvalue weighted by Crippen LogP contribution is 2.26. The molecule has 0 aromatic heterocycles. The molecule has 0 aliphatic carbocycles. The van der Waals surface area contributed by atoms with Gasteiger partial charge in [-0.3, -0.25) is 19.9 Å². The topological polar surface area (TPSA) is 106 Å². The van der Waals surface area contributed by atoms with E-state index >= 15 is 0 Å². The standard InChI is InChI=1S/C27H38N6O4/c1-19(2)28-12-13-29-25(34)17-32(24-14-23(11-10-20(24)3)30-27(36)37-5)18-26(35)31(4)33-15-21-8-6-7-9-22(21)16-33/h6-11,14,19,28H,12-13,15-18H2,1-5H3,(H,29,34)(H,30,36). The summed E-state index contributed by atoms with van der Waals surface area (Å²) in [6.07, 6.45) is -0.596. The van der Waals surface area contributed by atoms with Crippen molar-refractivity contribution in [3.63, 3.8) is 0 Å². The van der Waals surface area contributed by atoms with Gasteiger partial charge in [0, 0.05) is 50.6 Å². The Bertz CT molecular complexity index is 1080. The van der Waals surface area contributed by atoms with E-state index in [9.17, 15) is 14.4 Å². The smallest absolute Gasteiger partial charge is 0.411 e. The van der Waals surface area contributed by atoms with Crippen molar-refractivity contribution >= 4 is 29.3 Å². The van der Waals surface area contributed by atoms with Gasteiger partial charge in [0.25, 0.3) is 5.91 Å². The number of amides is 3. The van der Waals surface area contributed by atoms with E-state index in [2.05, 4.69) is 28.1 Å². The first-order valence-corrected chi connectivity index (χ1v) is 12.5. The summed E-state index contributed by atoms with van der Waals surface area (Å²) in [4.78, 5) is 39.7. The summed E-state index contributed by atoms with van der Waals surface area (Å²) in [5.41, 5.74) is 4.45. The van der Waals surface area contributed by atoms with Crippen LogP contribution in [-0.4, -0.2) is 74.3 Å². The van der Waals surface area contributed by atoms with Crippen molar-refractivity contribution < 1.29 is 19.1 Å². The minimum absolute atomic E-state index is 0.00992. The first-order valence-electron chi connectivity index (χ1n) is 12.5. The van der Waals surface area contributed by atoms with Gasteiger partial charge in [0.1, 0.15) is 0 Å². The third kappa shape index (κ3) is 7.93. The molecule has 2 aromatic rings. The zero-order valence-electron chi connectivity index (χ0n) is 22.3. The van der Waals surface area contributed by atoms with Crippen LogP contribution in [0.2, 0.25) is 0 Å². The van der Waals surface area contributed by atoms with Gasteiger partial charge < -0.3 is 20.3 Å². The van der Waals surface area contributed by atoms with Crippen molar-refractivity contribution in [3.05, 3.63) is 59.2 Å². The molecule has 2 aromatic carbocycles. The lowest BCUT2D eigenvalue weighted by Crippen LogP contribution is -2.48. The minimum Gasteiger partial charge on any atom is -0.453 e. The molecular formula is C27H38N6O4. The summed E-state index contributed by atoms with van der Waals surface area (Å²) in [5.74, 6) is -0.340. The second-order valence-electron chi connectivity index (χ2n) is 9.44. The average molecular weight is 511 g/mol. The van der Waals surface area contributed by atoms with Gasteiger partial charge in [-0.2, -0.15) is 0 Å². The predicted molar refractivity (Wildman–Crippen MR) is 144 cm³/mol. The first-order chi connectivity index (χ1) is 17.7. The average Bonchev–Trinajstić information content (AvgIpc) is 3.31. The lowest BCUT2D eigenvalue weighted by molar-refractivity contribution is -0.145. The fourth-order valence-electron chi connectivity index (χ4n) is 4.17. The number of nitrogens with zero attached hydrogens (tertiary/aromatic N) is 3. The SMILES string of the molecule is COC(=O)Nc1ccc(C)c(N(CC(=O)NCCNC(C)C)CC(=O)N(C)N2Cc3ccccc3C2)c1. The molecule has 10 nitrogen and oxygen atoms in total. The molecule has 0 saturated carbocycles. The molecule has 0 spiro atoms. The van der Waals surface area contributed by atoms with Gasteiger partial charge in [-0.25, -0.2) is 9.80 Å². The largest absolute Gasteiger partial charge is 0.453 e. The second-order valence-corrected chi connectivity index (χ2v) is 9.44. The maximum atomic E-state index is 13.4. The maximum Gasteiger partial charge on any atom is 0.411 e. The molecule has 3 rings (SSSR count). The van der Waals surface area contributed by atoms with Crippen molar-refractivity contribution in [3.8, 4) is 0 Å². The van der Waals surface area contributed by atoms with Crippen LogP contribution in [0.5, 0.6) is 0 Å². The van der Waals surface area contributed by atoms with Crippen LogP contribution in [0.25, 0.3) is 0 Å². The van der Waals surface area contributed by atoms with Crippen LogP contribution in [-0.2, 0) is 27.4 Å². The van der Waals surface area contributed by atoms with Crippen molar-refractivity contribution in [1.29, 1.82) is 0 Å². The minimum atomic E-state index is -0.596. The summed E-state index contributed by atoms with van der Waals surface area (Å²) < 4.78 is 4.70. The Kier molecular flexibility index (Phi) is 9.87. The molecule has 37 heavy (non-hydrogen) atoms. The molecule has 0 saturated heterocycles. The van der Waals surface area contributed by atoms with E-state index in [1.807, 2.05) is 44.0 Å². The number of methoxy groups -OCH3 is 1. The van der Waals surface area contributed by atoms with Crippen LogP contribution in [0.4, 0.5) is 16.2 Å². The third-order valence-corrected chi connectivity index (χ3v) is 6.25. The van der Waals surface area contributed by atoms with Crippen LogP contribution < -0.4 is 20.9 Å². The van der Waals surface area contributed by atoms with Crippen molar-refractivity contribution in [2.45, 2.75) is 39.9 Å². The van der Waals surface area contributed by atoms with Crippen LogP contribution in [0.3, 0.4) is 0 Å². The normalized spacial score (nSPS) is 12.7. The zero-order chi connectivity index (χ0) is 26.9. The Labute approximate surface area is 218 Å². The number of ether oxygens (including phenoxy) is 1. The summed E-state index contributed by atoms with van der Waals surface area (Å²) in [6, 6.07) is 13.8. The van der Waals surface area contributed by atoms with Crippen LogP contribution in [0, 0.1) is 6.92 Å². The number of rotatable bonds is 11. The quantitative estimate of drug-likeness (QED) is 0.399. The number of anilines is 2. The Hall–Kier alpha value is -3.63. The van der Waals surface area contributed by atoms with E-state index in [1.54, 1.807) is 29.1 Å². The number of benzene rings is 2. The summed E-state index contributed by atoms with van der Waals surface area (Å²) in [5, 5.41) is 12.5. The van der Waals surface area contributed by atoms with Crippen molar-refractivity contribution in [1.82, 2.24) is 20.7 Å². The molecule has 1 aliphatic rings. The van der Waals surface area contributed by atoms with E-state index in [4.69, 9.17) is 4.74 Å². The number of hydrogen-bond acceptors (Lipinski definition) is 7. The van der Waals surface area contributed by atoms with E-state index in [0.717, 1.165) is 5.56 Å². The predicted octanol–water partition coefficient (Wildman–Crippen LogP) is 2.48. The Morgan fingerprint density at radius 1 is 1.03 bits per heavy atom. The number of likely N-dealkylation sites (N-methyl/N-ethyl adjacent to an activating group) is 1. The fourth-order valence-corrected chi connectivity index (χ4v) is 4.17. The number of carbonyl (C=O) groups excluding carboxylic acids is 3. The van der Waals surface area contributed by atoms with E-state index in [1.165, 1.54) is 18.2 Å². The molecule has 200 valence electrons. The highest BCUT2D eigenvalue weighted by atomic mass is 16.5. The third-order valence-electron chi connectivity index (χ3n) is 6.25. The Morgan fingerprint density at radius 3 is 2.32 bits per heavy atom. The number of hydrogen-bond donors (Lipinski definition) is 3. The molecule has 0 radical (unpaired) electrons. The van der Waals surface area contributed by atoms with Crippen molar-refractivity contribution in [2.75, 3.05) is 50.6 Å². The number of aryl methyl sites for hydroxylation is 1. The summed E-state index contributed by atoms with van der Waals surface area (Å²) in [7, 11) is 3.05.